The predicted molar refractivity (Wildman–Crippen MR) is 55.8 cm³/mol. The zero-order valence-electron chi connectivity index (χ0n) is 8.62. The average Bonchev–Trinajstić information content (AvgIpc) is 2.40. The fourth-order valence-electron chi connectivity index (χ4n) is 1.65. The third-order valence-corrected chi connectivity index (χ3v) is 4.43. The lowest BCUT2D eigenvalue weighted by atomic mass is 9.85. The van der Waals surface area contributed by atoms with Gasteiger partial charge in [0.2, 0.25) is 0 Å². The van der Waals surface area contributed by atoms with Gasteiger partial charge in [-0.1, -0.05) is 11.6 Å². The van der Waals surface area contributed by atoms with Crippen LogP contribution in [0.25, 0.3) is 0 Å². The molecule has 1 unspecified atom stereocenters. The van der Waals surface area contributed by atoms with Crippen molar-refractivity contribution in [2.45, 2.75) is 26.7 Å². The molecule has 1 heterocycles. The second-order valence-corrected chi connectivity index (χ2v) is 6.49. The first kappa shape index (κ1) is 11.4. The molecule has 0 saturated carbocycles. The van der Waals surface area contributed by atoms with Gasteiger partial charge >= 0.3 is 0 Å². The number of rotatable bonds is 3. The van der Waals surface area contributed by atoms with E-state index >= 15 is 0 Å². The summed E-state index contributed by atoms with van der Waals surface area (Å²) in [7, 11) is -2.97. The lowest BCUT2D eigenvalue weighted by molar-refractivity contribution is -0.114. The molecule has 14 heavy (non-hydrogen) atoms. The molecule has 80 valence electrons. The van der Waals surface area contributed by atoms with Gasteiger partial charge in [0.1, 0.15) is 6.29 Å². The highest BCUT2D eigenvalue weighted by Crippen LogP contribution is 2.34. The van der Waals surface area contributed by atoms with E-state index < -0.39 is 15.3 Å². The lowest BCUT2D eigenvalue weighted by Crippen LogP contribution is -2.23. The van der Waals surface area contributed by atoms with Crippen LogP contribution in [0.3, 0.4) is 0 Å². The monoisotopic (exact) mass is 216 g/mol. The van der Waals surface area contributed by atoms with Crippen molar-refractivity contribution >= 4 is 16.1 Å². The van der Waals surface area contributed by atoms with Crippen LogP contribution in [0.15, 0.2) is 11.6 Å². The lowest BCUT2D eigenvalue weighted by Gasteiger charge is -2.17. The van der Waals surface area contributed by atoms with E-state index in [1.807, 2.05) is 19.9 Å². The van der Waals surface area contributed by atoms with Crippen LogP contribution in [0.2, 0.25) is 0 Å². The summed E-state index contributed by atoms with van der Waals surface area (Å²) in [5, 5.41) is 0. The maximum absolute atomic E-state index is 11.3. The molecule has 4 heteroatoms. The Morgan fingerprint density at radius 2 is 2.07 bits per heavy atom. The summed E-state index contributed by atoms with van der Waals surface area (Å²) in [5.74, 6) is 0.176. The zero-order chi connectivity index (χ0) is 10.8. The molecule has 0 N–H and O–H groups in total. The number of sulfone groups is 1. The van der Waals surface area contributed by atoms with Gasteiger partial charge in [-0.3, -0.25) is 0 Å². The number of hydrogen-bond donors (Lipinski definition) is 0. The number of allylic oxidation sites excluding steroid dienone is 2. The van der Waals surface area contributed by atoms with E-state index in [9.17, 15) is 13.2 Å². The standard InChI is InChI=1S/C10H16O3S/c1-9(2)3-4-10(7-11)5-6-14(12,13)8-10/h3,7H,4-6,8H2,1-2H3. The van der Waals surface area contributed by atoms with Crippen molar-refractivity contribution in [2.24, 2.45) is 5.41 Å². The maximum atomic E-state index is 11.3. The minimum Gasteiger partial charge on any atom is -0.303 e. The molecule has 0 bridgehead atoms. The molecule has 1 rings (SSSR count). The van der Waals surface area contributed by atoms with Crippen LogP contribution in [-0.2, 0) is 14.6 Å². The number of carbonyl (C=O) groups excluding carboxylic acids is 1. The topological polar surface area (TPSA) is 51.2 Å². The molecule has 1 fully saturated rings. The first-order chi connectivity index (χ1) is 6.39. The fourth-order valence-corrected chi connectivity index (χ4v) is 3.72. The SMILES string of the molecule is CC(C)=CCC1(C=O)CCS(=O)(=O)C1. The van der Waals surface area contributed by atoms with E-state index in [1.165, 1.54) is 0 Å². The maximum Gasteiger partial charge on any atom is 0.151 e. The van der Waals surface area contributed by atoms with Gasteiger partial charge in [-0.25, -0.2) is 8.42 Å². The summed E-state index contributed by atoms with van der Waals surface area (Å²) in [4.78, 5) is 10.9. The van der Waals surface area contributed by atoms with Crippen LogP contribution in [0.5, 0.6) is 0 Å². The van der Waals surface area contributed by atoms with E-state index in [0.717, 1.165) is 11.9 Å². The van der Waals surface area contributed by atoms with E-state index in [1.54, 1.807) is 0 Å². The zero-order valence-corrected chi connectivity index (χ0v) is 9.43. The summed E-state index contributed by atoms with van der Waals surface area (Å²) < 4.78 is 22.5. The first-order valence-corrected chi connectivity index (χ1v) is 6.51. The number of aldehydes is 1. The van der Waals surface area contributed by atoms with Crippen LogP contribution >= 0.6 is 0 Å². The second-order valence-electron chi connectivity index (χ2n) is 4.31. The molecule has 1 saturated heterocycles. The van der Waals surface area contributed by atoms with Crippen LogP contribution in [0.1, 0.15) is 26.7 Å². The molecule has 0 aromatic heterocycles. The van der Waals surface area contributed by atoms with Crippen LogP contribution < -0.4 is 0 Å². The third kappa shape index (κ3) is 2.67. The highest BCUT2D eigenvalue weighted by atomic mass is 32.2. The van der Waals surface area contributed by atoms with E-state index in [-0.39, 0.29) is 11.5 Å². The Balaban J connectivity index is 2.81. The summed E-state index contributed by atoms with van der Waals surface area (Å²) in [6, 6.07) is 0. The van der Waals surface area contributed by atoms with Gasteiger partial charge in [-0.15, -0.1) is 0 Å². The fraction of sp³-hybridized carbons (Fsp3) is 0.700. The molecule has 3 nitrogen and oxygen atoms in total. The van der Waals surface area contributed by atoms with E-state index in [2.05, 4.69) is 0 Å². The molecule has 0 amide bonds. The first-order valence-electron chi connectivity index (χ1n) is 4.69. The van der Waals surface area contributed by atoms with Crippen molar-refractivity contribution in [1.29, 1.82) is 0 Å². The Kier molecular flexibility index (Phi) is 3.14. The van der Waals surface area contributed by atoms with Gasteiger partial charge in [0.05, 0.1) is 11.5 Å². The Bertz CT molecular complexity index is 350. The van der Waals surface area contributed by atoms with E-state index in [0.29, 0.717) is 12.8 Å². The van der Waals surface area contributed by atoms with Crippen LogP contribution in [-0.4, -0.2) is 26.2 Å². The van der Waals surface area contributed by atoms with Gasteiger partial charge in [0, 0.05) is 5.41 Å². The van der Waals surface area contributed by atoms with Gasteiger partial charge in [-0.2, -0.15) is 0 Å². The van der Waals surface area contributed by atoms with Crippen molar-refractivity contribution in [1.82, 2.24) is 0 Å². The number of hydrogen-bond acceptors (Lipinski definition) is 3. The summed E-state index contributed by atoms with van der Waals surface area (Å²) >= 11 is 0. The van der Waals surface area contributed by atoms with Crippen molar-refractivity contribution < 1.29 is 13.2 Å². The average molecular weight is 216 g/mol. The third-order valence-electron chi connectivity index (χ3n) is 2.59. The van der Waals surface area contributed by atoms with Crippen molar-refractivity contribution in [3.63, 3.8) is 0 Å². The van der Waals surface area contributed by atoms with Crippen molar-refractivity contribution in [3.05, 3.63) is 11.6 Å². The minimum absolute atomic E-state index is 0.0211. The van der Waals surface area contributed by atoms with Crippen LogP contribution in [0, 0.1) is 5.41 Å². The molecule has 0 aromatic carbocycles. The molecule has 0 aromatic rings. The van der Waals surface area contributed by atoms with Gasteiger partial charge in [0.15, 0.2) is 9.84 Å². The van der Waals surface area contributed by atoms with Gasteiger partial charge in [0.25, 0.3) is 0 Å². The van der Waals surface area contributed by atoms with Crippen molar-refractivity contribution in [3.8, 4) is 0 Å². The molecule has 1 aliphatic heterocycles. The molecule has 0 radical (unpaired) electrons. The van der Waals surface area contributed by atoms with E-state index in [4.69, 9.17) is 0 Å². The number of carbonyl (C=O) groups is 1. The second kappa shape index (κ2) is 3.85. The Morgan fingerprint density at radius 1 is 1.43 bits per heavy atom. The van der Waals surface area contributed by atoms with Gasteiger partial charge < -0.3 is 4.79 Å². The van der Waals surface area contributed by atoms with Crippen molar-refractivity contribution in [2.75, 3.05) is 11.5 Å². The molecule has 1 atom stereocenters. The van der Waals surface area contributed by atoms with Crippen LogP contribution in [0.4, 0.5) is 0 Å². The van der Waals surface area contributed by atoms with Gasteiger partial charge in [-0.05, 0) is 26.7 Å². The predicted octanol–water partition coefficient (Wildman–Crippen LogP) is 1.35. The minimum atomic E-state index is -2.97. The molecule has 1 aliphatic rings. The summed E-state index contributed by atoms with van der Waals surface area (Å²) in [5.41, 5.74) is 0.478. The summed E-state index contributed by atoms with van der Waals surface area (Å²) in [6.07, 6.45) is 3.78. The normalized spacial score (nSPS) is 29.9. The Hall–Kier alpha value is -0.640. The highest BCUT2D eigenvalue weighted by molar-refractivity contribution is 7.91. The highest BCUT2D eigenvalue weighted by Gasteiger charge is 2.41. The Morgan fingerprint density at radius 3 is 2.43 bits per heavy atom. The summed E-state index contributed by atoms with van der Waals surface area (Å²) in [6.45, 7) is 3.89. The molecular weight excluding hydrogens is 200 g/mol. The Labute approximate surface area is 85.1 Å². The molecular formula is C10H16O3S. The molecule has 0 spiro atoms. The quantitative estimate of drug-likeness (QED) is 0.528. The largest absolute Gasteiger partial charge is 0.303 e. The smallest absolute Gasteiger partial charge is 0.151 e. The molecule has 0 aliphatic carbocycles.